The first kappa shape index (κ1) is 27.0. The van der Waals surface area contributed by atoms with Gasteiger partial charge >= 0.3 is 0 Å². The predicted octanol–water partition coefficient (Wildman–Crippen LogP) is 3.87. The van der Waals surface area contributed by atoms with E-state index in [0.29, 0.717) is 51.9 Å². The van der Waals surface area contributed by atoms with Crippen molar-refractivity contribution in [2.45, 2.75) is 65.3 Å². The molecule has 1 aromatic carbocycles. The van der Waals surface area contributed by atoms with Gasteiger partial charge in [-0.1, -0.05) is 45.2 Å². The summed E-state index contributed by atoms with van der Waals surface area (Å²) in [5.41, 5.74) is 1.48. The van der Waals surface area contributed by atoms with Crippen molar-refractivity contribution >= 4 is 17.5 Å². The highest BCUT2D eigenvalue weighted by molar-refractivity contribution is 6.31. The summed E-state index contributed by atoms with van der Waals surface area (Å²) < 4.78 is 6.41. The number of halogens is 1. The fourth-order valence-corrected chi connectivity index (χ4v) is 7.81. The lowest BCUT2D eigenvalue weighted by molar-refractivity contribution is -0.199. The van der Waals surface area contributed by atoms with Gasteiger partial charge in [0.25, 0.3) is 5.91 Å². The summed E-state index contributed by atoms with van der Waals surface area (Å²) in [5, 5.41) is 13.0. The summed E-state index contributed by atoms with van der Waals surface area (Å²) in [5.74, 6) is 7.54. The molecule has 8 nitrogen and oxygen atoms in total. The Kier molecular flexibility index (Phi) is 6.78. The first-order valence-electron chi connectivity index (χ1n) is 14.1. The third kappa shape index (κ3) is 4.53. The Hall–Kier alpha value is -3.17. The van der Waals surface area contributed by atoms with Crippen LogP contribution in [0.4, 0.5) is 0 Å². The monoisotopic (exact) mass is 558 g/mol. The van der Waals surface area contributed by atoms with Crippen molar-refractivity contribution < 1.29 is 9.53 Å². The maximum Gasteiger partial charge on any atom is 0.275 e. The van der Waals surface area contributed by atoms with E-state index in [4.69, 9.17) is 21.3 Å². The molecule has 6 rings (SSSR count). The molecule has 2 aliphatic carbocycles. The van der Waals surface area contributed by atoms with Crippen LogP contribution < -0.4 is 10.1 Å². The van der Waals surface area contributed by atoms with Crippen LogP contribution in [0.1, 0.15) is 68.0 Å². The number of nitriles is 1. The maximum absolute atomic E-state index is 13.5. The van der Waals surface area contributed by atoms with E-state index in [9.17, 15) is 10.1 Å². The third-order valence-electron chi connectivity index (χ3n) is 9.20. The number of rotatable bonds is 4. The lowest BCUT2D eigenvalue weighted by atomic mass is 9.49. The zero-order valence-corrected chi connectivity index (χ0v) is 24.3. The molecule has 3 heterocycles. The average molecular weight is 559 g/mol. The predicted molar refractivity (Wildman–Crippen MR) is 152 cm³/mol. The molecule has 9 heteroatoms. The van der Waals surface area contributed by atoms with Crippen molar-refractivity contribution in [3.8, 4) is 23.7 Å². The van der Waals surface area contributed by atoms with E-state index < -0.39 is 0 Å². The summed E-state index contributed by atoms with van der Waals surface area (Å²) in [6.45, 7) is 13.3. The second kappa shape index (κ2) is 10.0. The summed E-state index contributed by atoms with van der Waals surface area (Å²) in [6.07, 6.45) is 3.69. The minimum absolute atomic E-state index is 0.0752. The Bertz CT molecular complexity index is 1430. The van der Waals surface area contributed by atoms with Crippen molar-refractivity contribution in [3.63, 3.8) is 0 Å². The number of aromatic nitrogens is 2. The van der Waals surface area contributed by atoms with Crippen molar-refractivity contribution in [1.82, 2.24) is 25.1 Å². The maximum atomic E-state index is 13.5. The second-order valence-electron chi connectivity index (χ2n) is 12.7. The smallest absolute Gasteiger partial charge is 0.275 e. The first-order valence-corrected chi connectivity index (χ1v) is 14.5. The second-order valence-corrected chi connectivity index (χ2v) is 13.1. The Morgan fingerprint density at radius 2 is 1.88 bits per heavy atom. The highest BCUT2D eigenvalue weighted by Crippen LogP contribution is 2.59. The number of amides is 1. The minimum Gasteiger partial charge on any atom is -0.489 e. The van der Waals surface area contributed by atoms with Crippen LogP contribution in [0.3, 0.4) is 0 Å². The Labute approximate surface area is 241 Å². The van der Waals surface area contributed by atoms with E-state index >= 15 is 0 Å². The van der Waals surface area contributed by atoms with Gasteiger partial charge in [-0.3, -0.25) is 9.69 Å². The standard InChI is InChI=1S/C31H35ClN6O2/c1-30(2)28(31(3,4)29(30)40-23-8-6-20(16-33)24(32)15-23)38-18-25-26(27(38)39)35-17-21(36-25)7-5-19-13-22(14-19)37-11-9-34-10-12-37/h6,8,15,17,19,22,28-29,34H,9-14,18H2,1-4H3. The van der Waals surface area contributed by atoms with Gasteiger partial charge in [0.15, 0.2) is 5.69 Å². The van der Waals surface area contributed by atoms with E-state index in [-0.39, 0.29) is 28.9 Å². The fraction of sp³-hybridized carbons (Fsp3) is 0.548. The molecule has 40 heavy (non-hydrogen) atoms. The zero-order chi connectivity index (χ0) is 28.2. The van der Waals surface area contributed by atoms with Gasteiger partial charge in [0.2, 0.25) is 0 Å². The summed E-state index contributed by atoms with van der Waals surface area (Å²) in [4.78, 5) is 27.2. The van der Waals surface area contributed by atoms with Crippen LogP contribution >= 0.6 is 11.6 Å². The molecule has 3 fully saturated rings. The van der Waals surface area contributed by atoms with Crippen molar-refractivity contribution in [2.24, 2.45) is 16.7 Å². The van der Waals surface area contributed by atoms with E-state index in [2.05, 4.69) is 60.8 Å². The number of hydrogen-bond donors (Lipinski definition) is 1. The van der Waals surface area contributed by atoms with Crippen LogP contribution in [-0.4, -0.2) is 70.0 Å². The van der Waals surface area contributed by atoms with Gasteiger partial charge in [-0.25, -0.2) is 9.97 Å². The number of fused-ring (bicyclic) bond motifs is 1. The number of hydrogen-bond acceptors (Lipinski definition) is 7. The lowest BCUT2D eigenvalue weighted by Crippen LogP contribution is -2.74. The van der Waals surface area contributed by atoms with Gasteiger partial charge in [-0.05, 0) is 30.9 Å². The van der Waals surface area contributed by atoms with E-state index in [0.717, 1.165) is 39.0 Å². The van der Waals surface area contributed by atoms with E-state index in [1.807, 2.05) is 4.90 Å². The molecule has 1 saturated heterocycles. The molecule has 2 saturated carbocycles. The van der Waals surface area contributed by atoms with Crippen molar-refractivity contribution in [3.05, 3.63) is 52.1 Å². The van der Waals surface area contributed by atoms with Crippen LogP contribution in [-0.2, 0) is 6.54 Å². The van der Waals surface area contributed by atoms with Crippen molar-refractivity contribution in [2.75, 3.05) is 26.2 Å². The van der Waals surface area contributed by atoms with Gasteiger partial charge in [0, 0.05) is 61.1 Å². The lowest BCUT2D eigenvalue weighted by Gasteiger charge is -2.65. The first-order chi connectivity index (χ1) is 19.1. The molecule has 0 atom stereocenters. The number of carbonyl (C=O) groups is 1. The molecule has 2 aliphatic heterocycles. The van der Waals surface area contributed by atoms with Gasteiger partial charge in [-0.15, -0.1) is 0 Å². The average Bonchev–Trinajstić information content (AvgIpc) is 3.21. The SMILES string of the molecule is CC1(C)C(Oc2ccc(C#N)c(Cl)c2)C(C)(C)C1N1Cc2nc(C#CC3CC(N4CCNCC4)C3)cnc2C1=O. The van der Waals surface area contributed by atoms with Crippen LogP contribution in [0, 0.1) is 39.9 Å². The van der Waals surface area contributed by atoms with Gasteiger partial charge in [-0.2, -0.15) is 5.26 Å². The van der Waals surface area contributed by atoms with Gasteiger partial charge in [0.1, 0.15) is 23.6 Å². The highest BCUT2D eigenvalue weighted by Gasteiger charge is 2.67. The minimum atomic E-state index is -0.338. The number of nitrogens with one attached hydrogen (secondary N) is 1. The zero-order valence-electron chi connectivity index (χ0n) is 23.5. The molecule has 1 aromatic heterocycles. The number of carbonyl (C=O) groups excluding carboxylic acids is 1. The topological polar surface area (TPSA) is 94.4 Å². The third-order valence-corrected chi connectivity index (χ3v) is 9.51. The molecule has 4 aliphatic rings. The molecule has 1 amide bonds. The summed E-state index contributed by atoms with van der Waals surface area (Å²) >= 11 is 6.24. The number of ether oxygens (including phenoxy) is 1. The molecule has 1 N–H and O–H groups in total. The highest BCUT2D eigenvalue weighted by atomic mass is 35.5. The Morgan fingerprint density at radius 1 is 1.15 bits per heavy atom. The summed E-state index contributed by atoms with van der Waals surface area (Å²) in [7, 11) is 0. The molecule has 0 spiro atoms. The molecule has 2 aromatic rings. The van der Waals surface area contributed by atoms with Gasteiger partial charge in [0.05, 0.1) is 29.0 Å². The quantitative estimate of drug-likeness (QED) is 0.569. The van der Waals surface area contributed by atoms with Crippen molar-refractivity contribution in [1.29, 1.82) is 5.26 Å². The molecular weight excluding hydrogens is 524 g/mol. The van der Waals surface area contributed by atoms with Crippen LogP contribution in [0.15, 0.2) is 24.4 Å². The van der Waals surface area contributed by atoms with Crippen LogP contribution in [0.2, 0.25) is 5.02 Å². The molecule has 0 unspecified atom stereocenters. The van der Waals surface area contributed by atoms with Gasteiger partial charge < -0.3 is 15.0 Å². The summed E-state index contributed by atoms with van der Waals surface area (Å²) in [6, 6.07) is 7.77. The largest absolute Gasteiger partial charge is 0.489 e. The number of piperazine rings is 1. The normalized spacial score (nSPS) is 28.4. The number of nitrogens with zero attached hydrogens (tertiary/aromatic N) is 5. The molecule has 0 radical (unpaired) electrons. The Balaban J connectivity index is 1.12. The van der Waals surface area contributed by atoms with E-state index in [1.165, 1.54) is 0 Å². The van der Waals surface area contributed by atoms with Crippen LogP contribution in [0.25, 0.3) is 0 Å². The van der Waals surface area contributed by atoms with E-state index in [1.54, 1.807) is 24.4 Å². The molecular formula is C31H35ClN6O2. The molecule has 208 valence electrons. The fourth-order valence-electron chi connectivity index (χ4n) is 7.59. The molecule has 0 bridgehead atoms. The number of benzene rings is 1. The van der Waals surface area contributed by atoms with Crippen LogP contribution in [0.5, 0.6) is 5.75 Å². The Morgan fingerprint density at radius 3 is 2.55 bits per heavy atom.